The van der Waals surface area contributed by atoms with E-state index >= 15 is 0 Å². The van der Waals surface area contributed by atoms with Gasteiger partial charge in [0.2, 0.25) is 0 Å². The summed E-state index contributed by atoms with van der Waals surface area (Å²) in [4.78, 5) is 2.37. The lowest BCUT2D eigenvalue weighted by Gasteiger charge is -2.32. The summed E-state index contributed by atoms with van der Waals surface area (Å²) in [5.41, 5.74) is 6.69. The molecule has 1 aliphatic heterocycles. The Bertz CT molecular complexity index is 416. The van der Waals surface area contributed by atoms with Gasteiger partial charge in [0.1, 0.15) is 0 Å². The number of aliphatic hydroxyl groups is 1. The lowest BCUT2D eigenvalue weighted by Crippen LogP contribution is -2.44. The van der Waals surface area contributed by atoms with Crippen molar-refractivity contribution in [3.8, 4) is 0 Å². The van der Waals surface area contributed by atoms with Crippen molar-refractivity contribution in [2.45, 2.75) is 32.3 Å². The molecular weight excluding hydrogens is 248 g/mol. The maximum Gasteiger partial charge on any atom is 0.0768 e. The second-order valence-corrected chi connectivity index (χ2v) is 6.72. The Labute approximate surface area is 122 Å². The summed E-state index contributed by atoms with van der Waals surface area (Å²) in [7, 11) is 0. The predicted octanol–water partition coefficient (Wildman–Crippen LogP) is 2.07. The van der Waals surface area contributed by atoms with Crippen LogP contribution in [0.2, 0.25) is 0 Å². The van der Waals surface area contributed by atoms with Crippen LogP contribution >= 0.6 is 0 Å². The van der Waals surface area contributed by atoms with Gasteiger partial charge in [-0.3, -0.25) is 4.90 Å². The fourth-order valence-electron chi connectivity index (χ4n) is 3.04. The molecule has 3 heteroatoms. The van der Waals surface area contributed by atoms with E-state index < -0.39 is 5.60 Å². The second-order valence-electron chi connectivity index (χ2n) is 6.72. The first-order valence-corrected chi connectivity index (χ1v) is 7.63. The number of benzene rings is 1. The standard InChI is InChI=1S/C17H28N2O/c1-13(2)17(3,20)12-19-10-15(9-18)16(11-19)14-7-5-4-6-8-14/h4-8,13,15-16,20H,9-12,18H2,1-3H3/t15-,16+,17?/m1/s1. The van der Waals surface area contributed by atoms with Gasteiger partial charge in [0.05, 0.1) is 5.60 Å². The van der Waals surface area contributed by atoms with Gasteiger partial charge in [-0.15, -0.1) is 0 Å². The second kappa shape index (κ2) is 6.25. The largest absolute Gasteiger partial charge is 0.389 e. The van der Waals surface area contributed by atoms with Gasteiger partial charge in [-0.25, -0.2) is 0 Å². The third-order valence-electron chi connectivity index (χ3n) is 4.83. The van der Waals surface area contributed by atoms with Gasteiger partial charge in [0, 0.05) is 25.6 Å². The molecule has 1 aliphatic rings. The van der Waals surface area contributed by atoms with Crippen LogP contribution in [-0.4, -0.2) is 41.8 Å². The molecule has 0 aliphatic carbocycles. The van der Waals surface area contributed by atoms with Crippen molar-refractivity contribution < 1.29 is 5.11 Å². The van der Waals surface area contributed by atoms with Gasteiger partial charge >= 0.3 is 0 Å². The first-order valence-electron chi connectivity index (χ1n) is 7.63. The lowest BCUT2D eigenvalue weighted by molar-refractivity contribution is -0.0144. The van der Waals surface area contributed by atoms with E-state index in [9.17, 15) is 5.11 Å². The number of β-amino-alcohol motifs (C(OH)–C–C–N with tert-alkyl or cyclic N) is 1. The fraction of sp³-hybridized carbons (Fsp3) is 0.647. The van der Waals surface area contributed by atoms with Crippen molar-refractivity contribution in [1.29, 1.82) is 0 Å². The monoisotopic (exact) mass is 276 g/mol. The number of likely N-dealkylation sites (tertiary alicyclic amines) is 1. The smallest absolute Gasteiger partial charge is 0.0768 e. The van der Waals surface area contributed by atoms with Crippen molar-refractivity contribution in [1.82, 2.24) is 4.90 Å². The van der Waals surface area contributed by atoms with Crippen molar-refractivity contribution in [3.63, 3.8) is 0 Å². The fourth-order valence-corrected chi connectivity index (χ4v) is 3.04. The molecule has 0 aromatic heterocycles. The number of rotatable bonds is 5. The van der Waals surface area contributed by atoms with Crippen LogP contribution in [0.1, 0.15) is 32.3 Å². The molecule has 1 unspecified atom stereocenters. The molecule has 1 saturated heterocycles. The zero-order valence-corrected chi connectivity index (χ0v) is 12.9. The summed E-state index contributed by atoms with van der Waals surface area (Å²) in [5, 5.41) is 10.5. The van der Waals surface area contributed by atoms with Crippen LogP contribution in [-0.2, 0) is 0 Å². The normalized spacial score (nSPS) is 26.9. The van der Waals surface area contributed by atoms with Crippen LogP contribution in [0.15, 0.2) is 30.3 Å². The van der Waals surface area contributed by atoms with Crippen LogP contribution in [0.5, 0.6) is 0 Å². The topological polar surface area (TPSA) is 49.5 Å². The molecule has 1 aromatic carbocycles. The zero-order chi connectivity index (χ0) is 14.8. The van der Waals surface area contributed by atoms with Crippen molar-refractivity contribution in [3.05, 3.63) is 35.9 Å². The average Bonchev–Trinajstić information content (AvgIpc) is 2.82. The highest BCUT2D eigenvalue weighted by Crippen LogP contribution is 2.33. The van der Waals surface area contributed by atoms with E-state index in [4.69, 9.17) is 5.73 Å². The van der Waals surface area contributed by atoms with Crippen molar-refractivity contribution in [2.75, 3.05) is 26.2 Å². The molecule has 1 aromatic rings. The van der Waals surface area contributed by atoms with Crippen LogP contribution in [0.4, 0.5) is 0 Å². The minimum atomic E-state index is -0.634. The lowest BCUT2D eigenvalue weighted by atomic mass is 9.89. The van der Waals surface area contributed by atoms with Crippen molar-refractivity contribution >= 4 is 0 Å². The molecule has 0 spiro atoms. The van der Waals surface area contributed by atoms with Crippen LogP contribution in [0.25, 0.3) is 0 Å². The zero-order valence-electron chi connectivity index (χ0n) is 12.9. The first-order chi connectivity index (χ1) is 9.44. The molecule has 3 atom stereocenters. The highest BCUT2D eigenvalue weighted by Gasteiger charge is 2.36. The molecule has 0 saturated carbocycles. The van der Waals surface area contributed by atoms with Gasteiger partial charge in [-0.2, -0.15) is 0 Å². The van der Waals surface area contributed by atoms with E-state index in [1.165, 1.54) is 5.56 Å². The molecule has 0 bridgehead atoms. The summed E-state index contributed by atoms with van der Waals surface area (Å²) < 4.78 is 0. The maximum atomic E-state index is 10.5. The average molecular weight is 276 g/mol. The molecule has 1 fully saturated rings. The molecule has 3 N–H and O–H groups in total. The van der Waals surface area contributed by atoms with Crippen LogP contribution in [0.3, 0.4) is 0 Å². The quantitative estimate of drug-likeness (QED) is 0.865. The minimum Gasteiger partial charge on any atom is -0.389 e. The molecule has 0 radical (unpaired) electrons. The van der Waals surface area contributed by atoms with Gasteiger partial charge in [-0.1, -0.05) is 44.2 Å². The van der Waals surface area contributed by atoms with Gasteiger partial charge < -0.3 is 10.8 Å². The van der Waals surface area contributed by atoms with E-state index in [0.29, 0.717) is 18.4 Å². The molecule has 3 nitrogen and oxygen atoms in total. The highest BCUT2D eigenvalue weighted by atomic mass is 16.3. The maximum absolute atomic E-state index is 10.5. The number of nitrogens with zero attached hydrogens (tertiary/aromatic N) is 1. The van der Waals surface area contributed by atoms with Gasteiger partial charge in [0.15, 0.2) is 0 Å². The Morgan fingerprint density at radius 2 is 1.95 bits per heavy atom. The molecule has 112 valence electrons. The minimum absolute atomic E-state index is 0.259. The molecule has 20 heavy (non-hydrogen) atoms. The van der Waals surface area contributed by atoms with E-state index in [1.807, 2.05) is 6.92 Å². The molecule has 1 heterocycles. The third kappa shape index (κ3) is 3.40. The van der Waals surface area contributed by atoms with E-state index in [-0.39, 0.29) is 5.92 Å². The summed E-state index contributed by atoms with van der Waals surface area (Å²) in [6, 6.07) is 10.6. The first kappa shape index (κ1) is 15.5. The Kier molecular flexibility index (Phi) is 4.84. The van der Waals surface area contributed by atoms with E-state index in [0.717, 1.165) is 19.6 Å². The van der Waals surface area contributed by atoms with E-state index in [1.54, 1.807) is 0 Å². The SMILES string of the molecule is CC(C)C(C)(O)CN1C[C@@H](CN)[C@H](c2ccccc2)C1. The summed E-state index contributed by atoms with van der Waals surface area (Å²) in [6.45, 7) is 9.50. The Hall–Kier alpha value is -0.900. The molecule has 0 amide bonds. The van der Waals surface area contributed by atoms with Crippen LogP contribution in [0, 0.1) is 11.8 Å². The molecular formula is C17H28N2O. The van der Waals surface area contributed by atoms with Crippen molar-refractivity contribution in [2.24, 2.45) is 17.6 Å². The van der Waals surface area contributed by atoms with Crippen LogP contribution < -0.4 is 5.73 Å². The summed E-state index contributed by atoms with van der Waals surface area (Å²) >= 11 is 0. The summed E-state index contributed by atoms with van der Waals surface area (Å²) in [6.07, 6.45) is 0. The van der Waals surface area contributed by atoms with Gasteiger partial charge in [-0.05, 0) is 30.9 Å². The Morgan fingerprint density at radius 1 is 1.30 bits per heavy atom. The number of hydrogen-bond donors (Lipinski definition) is 2. The predicted molar refractivity (Wildman–Crippen MR) is 83.6 cm³/mol. The number of nitrogens with two attached hydrogens (primary N) is 1. The molecule has 2 rings (SSSR count). The Balaban J connectivity index is 2.07. The van der Waals surface area contributed by atoms with E-state index in [2.05, 4.69) is 49.1 Å². The Morgan fingerprint density at radius 3 is 2.50 bits per heavy atom. The summed E-state index contributed by atoms with van der Waals surface area (Å²) in [5.74, 6) is 1.24. The third-order valence-corrected chi connectivity index (χ3v) is 4.83. The number of hydrogen-bond acceptors (Lipinski definition) is 3. The van der Waals surface area contributed by atoms with Gasteiger partial charge in [0.25, 0.3) is 0 Å². The highest BCUT2D eigenvalue weighted by molar-refractivity contribution is 5.22.